The van der Waals surface area contributed by atoms with Gasteiger partial charge in [0.25, 0.3) is 0 Å². The van der Waals surface area contributed by atoms with Crippen LogP contribution in [0.5, 0.6) is 0 Å². The standard InChI is InChI=1S/C17H25ClN2O2/c1-13(14-4-2-5-15(18)12-14)17(21)20-9-6-16(7-10-20)22-11-3-8-19/h2,4-5,12-13,16H,3,6-11,19H2,1H3. The first-order chi connectivity index (χ1) is 10.6. The maximum atomic E-state index is 12.6. The van der Waals surface area contributed by atoms with E-state index < -0.39 is 0 Å². The quantitative estimate of drug-likeness (QED) is 0.819. The molecule has 0 spiro atoms. The summed E-state index contributed by atoms with van der Waals surface area (Å²) in [5.41, 5.74) is 6.43. The number of likely N-dealkylation sites (tertiary alicyclic amines) is 1. The zero-order chi connectivity index (χ0) is 15.9. The summed E-state index contributed by atoms with van der Waals surface area (Å²) in [5, 5.41) is 0.671. The highest BCUT2D eigenvalue weighted by Crippen LogP contribution is 2.23. The smallest absolute Gasteiger partial charge is 0.229 e. The molecule has 5 heteroatoms. The lowest BCUT2D eigenvalue weighted by Crippen LogP contribution is -2.42. The Morgan fingerprint density at radius 3 is 2.82 bits per heavy atom. The van der Waals surface area contributed by atoms with Crippen molar-refractivity contribution in [3.8, 4) is 0 Å². The van der Waals surface area contributed by atoms with Gasteiger partial charge in [-0.25, -0.2) is 0 Å². The highest BCUT2D eigenvalue weighted by atomic mass is 35.5. The summed E-state index contributed by atoms with van der Waals surface area (Å²) >= 11 is 6.01. The van der Waals surface area contributed by atoms with Gasteiger partial charge in [0, 0.05) is 24.7 Å². The molecule has 1 amide bonds. The predicted molar refractivity (Wildman–Crippen MR) is 89.1 cm³/mol. The van der Waals surface area contributed by atoms with Crippen LogP contribution in [0.1, 0.15) is 37.7 Å². The Hall–Kier alpha value is -1.10. The van der Waals surface area contributed by atoms with E-state index in [1.54, 1.807) is 0 Å². The number of piperidine rings is 1. The number of hydrogen-bond donors (Lipinski definition) is 1. The van der Waals surface area contributed by atoms with E-state index in [-0.39, 0.29) is 17.9 Å². The molecule has 2 rings (SSSR count). The average Bonchev–Trinajstić information content (AvgIpc) is 2.54. The Morgan fingerprint density at radius 1 is 1.45 bits per heavy atom. The Labute approximate surface area is 137 Å². The molecular weight excluding hydrogens is 300 g/mol. The maximum absolute atomic E-state index is 12.6. The van der Waals surface area contributed by atoms with Crippen LogP contribution in [0.25, 0.3) is 0 Å². The summed E-state index contributed by atoms with van der Waals surface area (Å²) in [6.45, 7) is 4.84. The van der Waals surface area contributed by atoms with Gasteiger partial charge in [-0.1, -0.05) is 23.7 Å². The van der Waals surface area contributed by atoms with Crippen molar-refractivity contribution in [2.24, 2.45) is 5.73 Å². The number of nitrogens with zero attached hydrogens (tertiary/aromatic N) is 1. The minimum atomic E-state index is -0.159. The number of ether oxygens (including phenoxy) is 1. The Morgan fingerprint density at radius 2 is 2.18 bits per heavy atom. The summed E-state index contributed by atoms with van der Waals surface area (Å²) in [5.74, 6) is 0.0103. The first kappa shape index (κ1) is 17.3. The van der Waals surface area contributed by atoms with Crippen LogP contribution in [-0.4, -0.2) is 43.2 Å². The van der Waals surface area contributed by atoms with Gasteiger partial charge in [0.15, 0.2) is 0 Å². The van der Waals surface area contributed by atoms with E-state index in [0.29, 0.717) is 18.2 Å². The van der Waals surface area contributed by atoms with Crippen molar-refractivity contribution in [2.75, 3.05) is 26.2 Å². The third-order valence-corrected chi connectivity index (χ3v) is 4.41. The lowest BCUT2D eigenvalue weighted by atomic mass is 9.98. The molecule has 1 unspecified atom stereocenters. The van der Waals surface area contributed by atoms with Gasteiger partial charge < -0.3 is 15.4 Å². The van der Waals surface area contributed by atoms with Crippen molar-refractivity contribution < 1.29 is 9.53 Å². The third-order valence-electron chi connectivity index (χ3n) is 4.17. The molecule has 2 N–H and O–H groups in total. The van der Waals surface area contributed by atoms with Crippen LogP contribution in [-0.2, 0) is 9.53 Å². The molecule has 1 aromatic carbocycles. The summed E-state index contributed by atoms with van der Waals surface area (Å²) < 4.78 is 5.78. The molecule has 0 saturated carbocycles. The molecule has 1 aromatic rings. The van der Waals surface area contributed by atoms with Gasteiger partial charge in [-0.3, -0.25) is 4.79 Å². The molecule has 122 valence electrons. The van der Waals surface area contributed by atoms with Crippen LogP contribution in [0.3, 0.4) is 0 Å². The second-order valence-corrected chi connectivity index (χ2v) is 6.25. The number of benzene rings is 1. The van der Waals surface area contributed by atoms with E-state index in [2.05, 4.69) is 0 Å². The second kappa shape index (κ2) is 8.51. The van der Waals surface area contributed by atoms with Crippen molar-refractivity contribution in [1.29, 1.82) is 0 Å². The van der Waals surface area contributed by atoms with Crippen molar-refractivity contribution in [1.82, 2.24) is 4.90 Å². The number of nitrogens with two attached hydrogens (primary N) is 1. The highest BCUT2D eigenvalue weighted by molar-refractivity contribution is 6.30. The van der Waals surface area contributed by atoms with Crippen molar-refractivity contribution in [3.63, 3.8) is 0 Å². The molecule has 1 aliphatic rings. The predicted octanol–water partition coefficient (Wildman–Crippen LogP) is 2.80. The van der Waals surface area contributed by atoms with Crippen molar-refractivity contribution in [3.05, 3.63) is 34.9 Å². The lowest BCUT2D eigenvalue weighted by Gasteiger charge is -2.33. The van der Waals surface area contributed by atoms with Crippen LogP contribution in [0.15, 0.2) is 24.3 Å². The van der Waals surface area contributed by atoms with E-state index in [1.165, 1.54) is 0 Å². The topological polar surface area (TPSA) is 55.6 Å². The number of carbonyl (C=O) groups excluding carboxylic acids is 1. The minimum Gasteiger partial charge on any atom is -0.378 e. The third kappa shape index (κ3) is 4.70. The number of rotatable bonds is 6. The molecule has 1 heterocycles. The molecule has 22 heavy (non-hydrogen) atoms. The number of amides is 1. The Balaban J connectivity index is 1.84. The fourth-order valence-electron chi connectivity index (χ4n) is 2.77. The van der Waals surface area contributed by atoms with Crippen LogP contribution in [0.2, 0.25) is 5.02 Å². The first-order valence-corrected chi connectivity index (χ1v) is 8.35. The summed E-state index contributed by atoms with van der Waals surface area (Å²) in [7, 11) is 0. The van der Waals surface area contributed by atoms with Gasteiger partial charge in [0.1, 0.15) is 0 Å². The van der Waals surface area contributed by atoms with Gasteiger partial charge in [0.05, 0.1) is 12.0 Å². The number of halogens is 1. The van der Waals surface area contributed by atoms with Crippen molar-refractivity contribution >= 4 is 17.5 Å². The maximum Gasteiger partial charge on any atom is 0.229 e. The van der Waals surface area contributed by atoms with Gasteiger partial charge in [-0.15, -0.1) is 0 Å². The van der Waals surface area contributed by atoms with Gasteiger partial charge in [-0.2, -0.15) is 0 Å². The molecule has 1 saturated heterocycles. The van der Waals surface area contributed by atoms with E-state index >= 15 is 0 Å². The molecule has 0 radical (unpaired) electrons. The highest BCUT2D eigenvalue weighted by Gasteiger charge is 2.27. The Kier molecular flexibility index (Phi) is 6.68. The van der Waals surface area contributed by atoms with E-state index in [4.69, 9.17) is 22.1 Å². The van der Waals surface area contributed by atoms with Crippen LogP contribution in [0, 0.1) is 0 Å². The molecule has 0 aliphatic carbocycles. The minimum absolute atomic E-state index is 0.159. The second-order valence-electron chi connectivity index (χ2n) is 5.81. The molecule has 1 atom stereocenters. The summed E-state index contributed by atoms with van der Waals surface area (Å²) in [6.07, 6.45) is 2.96. The largest absolute Gasteiger partial charge is 0.378 e. The summed E-state index contributed by atoms with van der Waals surface area (Å²) in [6, 6.07) is 7.54. The van der Waals surface area contributed by atoms with E-state index in [0.717, 1.165) is 37.9 Å². The van der Waals surface area contributed by atoms with Gasteiger partial charge in [-0.05, 0) is 50.4 Å². The van der Waals surface area contributed by atoms with Crippen LogP contribution in [0.4, 0.5) is 0 Å². The van der Waals surface area contributed by atoms with Gasteiger partial charge in [0.2, 0.25) is 5.91 Å². The lowest BCUT2D eigenvalue weighted by molar-refractivity contribution is -0.135. The first-order valence-electron chi connectivity index (χ1n) is 7.97. The summed E-state index contributed by atoms with van der Waals surface area (Å²) in [4.78, 5) is 14.5. The zero-order valence-electron chi connectivity index (χ0n) is 13.1. The fraction of sp³-hybridized carbons (Fsp3) is 0.588. The van der Waals surface area contributed by atoms with E-state index in [1.807, 2.05) is 36.1 Å². The monoisotopic (exact) mass is 324 g/mol. The van der Waals surface area contributed by atoms with Crippen LogP contribution >= 0.6 is 11.6 Å². The molecular formula is C17H25ClN2O2. The van der Waals surface area contributed by atoms with Gasteiger partial charge >= 0.3 is 0 Å². The zero-order valence-corrected chi connectivity index (χ0v) is 13.9. The molecule has 1 aliphatic heterocycles. The van der Waals surface area contributed by atoms with Crippen molar-refractivity contribution in [2.45, 2.75) is 38.2 Å². The normalized spacial score (nSPS) is 17.5. The fourth-order valence-corrected chi connectivity index (χ4v) is 2.97. The van der Waals surface area contributed by atoms with E-state index in [9.17, 15) is 4.79 Å². The van der Waals surface area contributed by atoms with Crippen LogP contribution < -0.4 is 5.73 Å². The Bertz CT molecular complexity index is 487. The molecule has 0 bridgehead atoms. The average molecular weight is 325 g/mol. The number of hydrogen-bond acceptors (Lipinski definition) is 3. The SMILES string of the molecule is CC(C(=O)N1CCC(OCCCN)CC1)c1cccc(Cl)c1. The molecule has 0 aromatic heterocycles. The number of carbonyl (C=O) groups is 1. The molecule has 1 fully saturated rings. The molecule has 4 nitrogen and oxygen atoms in total.